The van der Waals surface area contributed by atoms with E-state index in [9.17, 15) is 43.2 Å². The van der Waals surface area contributed by atoms with Gasteiger partial charge in [-0.1, -0.05) is 6.42 Å². The van der Waals surface area contributed by atoms with Crippen molar-refractivity contribution in [1.82, 2.24) is 31.9 Å². The fourth-order valence-electron chi connectivity index (χ4n) is 11.6. The lowest BCUT2D eigenvalue weighted by Crippen LogP contribution is -2.50. The molecule has 0 rings (SSSR count). The lowest BCUT2D eigenvalue weighted by Gasteiger charge is -2.27. The van der Waals surface area contributed by atoms with Crippen LogP contribution in [-0.2, 0) is 57.5 Å². The zero-order valence-electron chi connectivity index (χ0n) is 64.8. The predicted molar refractivity (Wildman–Crippen MR) is 437 cm³/mol. The summed E-state index contributed by atoms with van der Waals surface area (Å²) >= 11 is 4.13. The van der Waals surface area contributed by atoms with E-state index in [4.69, 9.17) is 109 Å². The summed E-state index contributed by atoms with van der Waals surface area (Å²) in [5, 5.41) is 23.8. The molecule has 7 amide bonds. The number of nitrogens with zero attached hydrogens (tertiary/aromatic N) is 8. The van der Waals surface area contributed by atoms with E-state index in [1.54, 1.807) is 0 Å². The summed E-state index contributed by atoms with van der Waals surface area (Å²) in [4.78, 5) is 202. The Hall–Kier alpha value is -11.4. The van der Waals surface area contributed by atoms with Gasteiger partial charge in [0, 0.05) is 133 Å². The van der Waals surface area contributed by atoms with Crippen LogP contribution >= 0.6 is 12.6 Å². The average Bonchev–Trinajstić information content (AvgIpc) is 0.860. The molecule has 0 bridgehead atoms. The first-order valence-corrected chi connectivity index (χ1v) is 37.9. The number of ketones is 5. The first kappa shape index (κ1) is 102. The Morgan fingerprint density at radius 1 is 0.301 bits per heavy atom. The highest BCUT2D eigenvalue weighted by Crippen LogP contribution is 2.24. The maximum absolute atomic E-state index is 15.1. The largest absolute Gasteiger partial charge is 0.388 e. The molecular weight excluding hydrogens is 1490 g/mol. The van der Waals surface area contributed by atoms with Crippen LogP contribution < -0.4 is 135 Å². The number of thiol groups is 1. The number of Topliss-reactive ketones (excluding diaryl/α,β-unsaturated/α-hetero) is 5. The van der Waals surface area contributed by atoms with Crippen LogP contribution in [0.1, 0.15) is 167 Å². The zero-order chi connectivity index (χ0) is 85.5. The number of amidine groups is 1. The van der Waals surface area contributed by atoms with Crippen molar-refractivity contribution in [3.8, 4) is 0 Å². The number of nitrogens with one attached hydrogen (secondary N) is 7. The van der Waals surface area contributed by atoms with E-state index in [1.807, 2.05) is 0 Å². The second-order valence-electron chi connectivity index (χ2n) is 27.1. The van der Waals surface area contributed by atoms with E-state index in [0.29, 0.717) is 6.42 Å². The summed E-state index contributed by atoms with van der Waals surface area (Å²) in [6, 6.07) is -6.73. The molecule has 638 valence electrons. The quantitative estimate of drug-likeness (QED) is 0.0116. The Morgan fingerprint density at radius 3 is 0.717 bits per heavy atom. The summed E-state index contributed by atoms with van der Waals surface area (Å²) in [6.45, 7) is 0.799. The SMILES string of the molecule is CC(=O)NCC(=O)C[C@H](CCCN=C(N)N)C(=O)N[C@H](CCCN=C(N)N)C(=O)C[C@H](CCCN=C(N)N)C(=O)N[C@H](CCCN=C(N)N)C(=O)C[C@H](CCCN=C(N)N)C(=O)N[C@H](CCCN=C(N)N)C(=O)C[C@H](CCCN=C(N)N)C(=O)N[C@H](CCCCC(=N)N)C(=O)C[C@H](CCCN=C(N)N)C(=O)N[C@H](CS)C(N)=O. The van der Waals surface area contributed by atoms with Gasteiger partial charge >= 0.3 is 0 Å². The van der Waals surface area contributed by atoms with Gasteiger partial charge in [-0.15, -0.1) is 0 Å². The molecule has 0 unspecified atom stereocenters. The molecule has 0 spiro atoms. The number of guanidine groups is 8. The van der Waals surface area contributed by atoms with Crippen LogP contribution in [0.15, 0.2) is 39.9 Å². The molecule has 0 saturated heterocycles. The van der Waals surface area contributed by atoms with E-state index in [0.717, 1.165) is 0 Å². The minimum absolute atomic E-state index is 0.00819. The van der Waals surface area contributed by atoms with Crippen LogP contribution in [0, 0.1) is 35.0 Å². The molecule has 46 heteroatoms. The normalized spacial score (nSPS) is 13.4. The fourth-order valence-corrected chi connectivity index (χ4v) is 11.8. The molecule has 113 heavy (non-hydrogen) atoms. The van der Waals surface area contributed by atoms with Gasteiger partial charge in [0.25, 0.3) is 0 Å². The summed E-state index contributed by atoms with van der Waals surface area (Å²) in [6.07, 6.45) is -1.62. The second kappa shape index (κ2) is 58.5. The predicted octanol–water partition coefficient (Wildman–Crippen LogP) is -8.24. The first-order valence-electron chi connectivity index (χ1n) is 37.3. The van der Waals surface area contributed by atoms with Gasteiger partial charge in [0.05, 0.1) is 36.5 Å². The van der Waals surface area contributed by atoms with Crippen molar-refractivity contribution in [2.75, 3.05) is 64.7 Å². The minimum Gasteiger partial charge on any atom is -0.388 e. The number of rotatable bonds is 65. The Labute approximate surface area is 663 Å². The van der Waals surface area contributed by atoms with E-state index in [2.05, 4.69) is 84.5 Å². The molecule has 0 aliphatic carbocycles. The van der Waals surface area contributed by atoms with Crippen molar-refractivity contribution in [3.05, 3.63) is 0 Å². The summed E-state index contributed by atoms with van der Waals surface area (Å²) in [5.74, 6) is -17.0. The number of hydrogen-bond acceptors (Lipinski definition) is 22. The lowest BCUT2D eigenvalue weighted by atomic mass is 9.88. The molecule has 0 aromatic rings. The van der Waals surface area contributed by atoms with Gasteiger partial charge in [-0.05, 0) is 116 Å². The third-order valence-corrected chi connectivity index (χ3v) is 17.7. The van der Waals surface area contributed by atoms with Gasteiger partial charge in [-0.25, -0.2) is 0 Å². The van der Waals surface area contributed by atoms with Crippen LogP contribution in [0.5, 0.6) is 0 Å². The smallest absolute Gasteiger partial charge is 0.240 e. The van der Waals surface area contributed by atoms with Crippen molar-refractivity contribution in [2.45, 2.75) is 198 Å². The van der Waals surface area contributed by atoms with Gasteiger partial charge < -0.3 is 135 Å². The number of carbonyl (C=O) groups excluding carboxylic acids is 12. The molecule has 0 aliphatic heterocycles. The van der Waals surface area contributed by atoms with Gasteiger partial charge in [0.2, 0.25) is 41.4 Å². The highest BCUT2D eigenvalue weighted by Gasteiger charge is 2.37. The zero-order valence-corrected chi connectivity index (χ0v) is 65.7. The number of carbonyl (C=O) groups is 12. The van der Waals surface area contributed by atoms with Crippen LogP contribution in [-0.4, -0.2) is 219 Å². The number of primary amides is 1. The number of nitrogens with two attached hydrogens (primary N) is 18. The van der Waals surface area contributed by atoms with Crippen molar-refractivity contribution < 1.29 is 57.5 Å². The maximum atomic E-state index is 15.1. The van der Waals surface area contributed by atoms with E-state index >= 15 is 14.4 Å². The van der Waals surface area contributed by atoms with E-state index in [-0.39, 0.29) is 247 Å². The third-order valence-electron chi connectivity index (χ3n) is 17.4. The van der Waals surface area contributed by atoms with Gasteiger partial charge in [-0.2, -0.15) is 12.6 Å². The molecular formula is C67H127N33O12S. The van der Waals surface area contributed by atoms with Gasteiger partial charge in [-0.3, -0.25) is 103 Å². The van der Waals surface area contributed by atoms with Crippen molar-refractivity contribution in [3.63, 3.8) is 0 Å². The highest BCUT2D eigenvalue weighted by atomic mass is 32.1. The van der Waals surface area contributed by atoms with Gasteiger partial charge in [0.1, 0.15) is 6.04 Å². The van der Waals surface area contributed by atoms with E-state index < -0.39 is 156 Å². The summed E-state index contributed by atoms with van der Waals surface area (Å²) in [5.41, 5.74) is 101. The van der Waals surface area contributed by atoms with Crippen LogP contribution in [0.2, 0.25) is 0 Å². The standard InChI is InChI=1S/C67H127N33O12S/c1-37(101)95-35-43(102)30-38(12-4-22-87-60(71)72)55(108)97-45(18-9-27-92-65(81)82)50(104)32-40(14-6-24-89-62(75)76)57(110)99-47(20-11-29-94-67(85)86)52(106)33-41(15-7-25-90-63(77)78)58(111)98-46(19-10-28-93-66(83)84)51(105)31-39(13-5-23-88-61(73)74)56(109)96-44(17-2-3-21-53(68)69)49(103)34-42(16-8-26-91-64(79)80)59(112)100-48(36-113)54(70)107/h38-42,44-48,113H,2-36H2,1H3,(H3,68,69)(H2,70,107)(H,95,101)(H,96,109)(H,97,108)(H,98,111)(H,99,110)(H,100,112)(H4,71,72,87)(H4,73,74,88)(H4,75,76,89)(H4,77,78,90)(H4,79,80,91)(H4,81,82,92)(H4,83,84,93)(H4,85,86,94)/t38-,39-,40-,41-,42-,44+,45+,46+,47+,48+/m0/s1. The van der Waals surface area contributed by atoms with E-state index in [1.165, 1.54) is 6.92 Å². The molecule has 0 radical (unpaired) electrons. The van der Waals surface area contributed by atoms with Crippen molar-refractivity contribution in [1.29, 1.82) is 5.41 Å². The average molecular weight is 1620 g/mol. The minimum atomic E-state index is -1.43. The lowest BCUT2D eigenvalue weighted by molar-refractivity contribution is -0.136. The van der Waals surface area contributed by atoms with Crippen molar-refractivity contribution in [2.24, 2.45) is 173 Å². The maximum Gasteiger partial charge on any atom is 0.240 e. The molecule has 10 atom stereocenters. The molecule has 0 heterocycles. The number of unbranched alkanes of at least 4 members (excludes halogenated alkanes) is 1. The van der Waals surface area contributed by atoms with Crippen molar-refractivity contribution >= 4 is 136 Å². The second-order valence-corrected chi connectivity index (χ2v) is 27.4. The number of aliphatic imine (C=N–C) groups is 8. The fraction of sp³-hybridized carbons (Fsp3) is 0.687. The molecule has 0 saturated carbocycles. The van der Waals surface area contributed by atoms with Crippen LogP contribution in [0.4, 0.5) is 0 Å². The highest BCUT2D eigenvalue weighted by molar-refractivity contribution is 7.80. The molecule has 43 N–H and O–H groups in total. The Bertz CT molecular complexity index is 3320. The van der Waals surface area contributed by atoms with Crippen LogP contribution in [0.3, 0.4) is 0 Å². The summed E-state index contributed by atoms with van der Waals surface area (Å²) in [7, 11) is 0. The molecule has 45 nitrogen and oxygen atoms in total. The molecule has 0 aromatic carbocycles. The Balaban J connectivity index is 8.10. The molecule has 0 aliphatic rings. The first-order chi connectivity index (χ1) is 53.3. The summed E-state index contributed by atoms with van der Waals surface area (Å²) < 4.78 is 0. The number of amides is 7. The van der Waals surface area contributed by atoms with Gasteiger partial charge in [0.15, 0.2) is 76.6 Å². The monoisotopic (exact) mass is 1620 g/mol. The molecule has 0 fully saturated rings. The van der Waals surface area contributed by atoms with Crippen LogP contribution in [0.25, 0.3) is 0 Å². The topological polar surface area (TPSA) is 868 Å². The molecule has 0 aromatic heterocycles. The Morgan fingerprint density at radius 2 is 0.513 bits per heavy atom. The third kappa shape index (κ3) is 50.9. The Kier molecular flexibility index (Phi) is 52.6. The number of hydrogen-bond donors (Lipinski definition) is 26.